The highest BCUT2D eigenvalue weighted by Gasteiger charge is 2.46. The quantitative estimate of drug-likeness (QED) is 0.867. The van der Waals surface area contributed by atoms with Crippen LogP contribution in [0.3, 0.4) is 0 Å². The Bertz CT molecular complexity index is 724. The van der Waals surface area contributed by atoms with Gasteiger partial charge in [-0.3, -0.25) is 14.5 Å². The van der Waals surface area contributed by atoms with Crippen LogP contribution in [-0.4, -0.2) is 28.2 Å². The largest absolute Gasteiger partial charge is 0.614 e. The van der Waals surface area contributed by atoms with Crippen LogP contribution < -0.4 is 10.2 Å². The standard InChI is InChI=1S/C18H18N2O3S/c1-13(21)19-16-12-24(23)18(14-8-4-2-5-9-14)20(17(16)22)15-10-6-3-7-11-15/h2-11,16,18H,12H2,1H3,(H,19,21)/t16-,18-,24-/m0/s1. The molecule has 1 aliphatic heterocycles. The second-order valence-electron chi connectivity index (χ2n) is 5.61. The number of rotatable bonds is 3. The van der Waals surface area contributed by atoms with Gasteiger partial charge in [-0.15, -0.1) is 0 Å². The van der Waals surface area contributed by atoms with Gasteiger partial charge in [-0.05, 0) is 23.3 Å². The minimum atomic E-state index is -1.34. The SMILES string of the molecule is CC(=O)N[C@H]1C[S@+]([O-])[C@@H](c2ccccc2)N(c2ccccc2)C1=O. The Morgan fingerprint density at radius 2 is 1.71 bits per heavy atom. The summed E-state index contributed by atoms with van der Waals surface area (Å²) in [5.74, 6) is -0.442. The van der Waals surface area contributed by atoms with Crippen molar-refractivity contribution in [2.24, 2.45) is 0 Å². The number of carbonyl (C=O) groups excluding carboxylic acids is 2. The molecule has 1 heterocycles. The minimum Gasteiger partial charge on any atom is -0.614 e. The third-order valence-electron chi connectivity index (χ3n) is 3.85. The Morgan fingerprint density at radius 3 is 2.29 bits per heavy atom. The third-order valence-corrected chi connectivity index (χ3v) is 5.49. The van der Waals surface area contributed by atoms with E-state index in [1.54, 1.807) is 12.1 Å². The van der Waals surface area contributed by atoms with Crippen LogP contribution in [-0.2, 0) is 20.8 Å². The topological polar surface area (TPSA) is 72.5 Å². The summed E-state index contributed by atoms with van der Waals surface area (Å²) in [7, 11) is 0. The van der Waals surface area contributed by atoms with Gasteiger partial charge in [-0.2, -0.15) is 0 Å². The monoisotopic (exact) mass is 342 g/mol. The molecule has 0 spiro atoms. The zero-order chi connectivity index (χ0) is 17.1. The highest BCUT2D eigenvalue weighted by atomic mass is 32.2. The average Bonchev–Trinajstić information content (AvgIpc) is 2.58. The zero-order valence-corrected chi connectivity index (χ0v) is 14.0. The molecule has 1 saturated heterocycles. The first-order valence-corrected chi connectivity index (χ1v) is 9.03. The molecular weight excluding hydrogens is 324 g/mol. The summed E-state index contributed by atoms with van der Waals surface area (Å²) in [6.45, 7) is 1.35. The van der Waals surface area contributed by atoms with Crippen molar-refractivity contribution in [2.45, 2.75) is 18.3 Å². The van der Waals surface area contributed by atoms with Crippen LogP contribution in [0.4, 0.5) is 5.69 Å². The number of carbonyl (C=O) groups is 2. The summed E-state index contributed by atoms with van der Waals surface area (Å²) in [6, 6.07) is 17.7. The maximum Gasteiger partial charge on any atom is 0.258 e. The zero-order valence-electron chi connectivity index (χ0n) is 13.2. The van der Waals surface area contributed by atoms with E-state index in [1.165, 1.54) is 11.8 Å². The number of amides is 2. The molecule has 0 unspecified atom stereocenters. The summed E-state index contributed by atoms with van der Waals surface area (Å²) in [5, 5.41) is 2.05. The second kappa shape index (κ2) is 7.07. The number of nitrogens with zero attached hydrogens (tertiary/aromatic N) is 1. The number of hydrogen-bond acceptors (Lipinski definition) is 3. The molecule has 2 aromatic rings. The van der Waals surface area contributed by atoms with Crippen LogP contribution in [0.2, 0.25) is 0 Å². The van der Waals surface area contributed by atoms with Gasteiger partial charge in [0.05, 0.1) is 0 Å². The first-order chi connectivity index (χ1) is 11.6. The van der Waals surface area contributed by atoms with Crippen molar-refractivity contribution < 1.29 is 14.1 Å². The summed E-state index contributed by atoms with van der Waals surface area (Å²) in [4.78, 5) is 25.9. The molecule has 0 bridgehead atoms. The first-order valence-electron chi connectivity index (χ1n) is 7.65. The van der Waals surface area contributed by atoms with Gasteiger partial charge in [-0.1, -0.05) is 48.5 Å². The van der Waals surface area contributed by atoms with Crippen molar-refractivity contribution in [1.82, 2.24) is 5.32 Å². The van der Waals surface area contributed by atoms with Gasteiger partial charge in [0, 0.05) is 18.2 Å². The van der Waals surface area contributed by atoms with E-state index in [-0.39, 0.29) is 17.6 Å². The van der Waals surface area contributed by atoms with Crippen molar-refractivity contribution in [3.8, 4) is 0 Å². The van der Waals surface area contributed by atoms with E-state index in [0.717, 1.165) is 5.56 Å². The van der Waals surface area contributed by atoms with Gasteiger partial charge in [0.15, 0.2) is 6.04 Å². The fourth-order valence-electron chi connectivity index (χ4n) is 2.85. The molecule has 2 aromatic carbocycles. The molecule has 3 atom stereocenters. The normalized spacial score (nSPS) is 23.8. The molecule has 1 fully saturated rings. The number of nitrogens with one attached hydrogen (secondary N) is 1. The van der Waals surface area contributed by atoms with E-state index in [0.29, 0.717) is 5.69 Å². The lowest BCUT2D eigenvalue weighted by Gasteiger charge is -2.40. The van der Waals surface area contributed by atoms with E-state index in [2.05, 4.69) is 5.32 Å². The number of para-hydroxylation sites is 1. The van der Waals surface area contributed by atoms with Crippen LogP contribution >= 0.6 is 0 Å². The van der Waals surface area contributed by atoms with Crippen molar-refractivity contribution in [1.29, 1.82) is 0 Å². The van der Waals surface area contributed by atoms with Crippen LogP contribution in [0.5, 0.6) is 0 Å². The van der Waals surface area contributed by atoms with Gasteiger partial charge < -0.3 is 9.87 Å². The molecule has 3 rings (SSSR count). The Kier molecular flexibility index (Phi) is 4.87. The van der Waals surface area contributed by atoms with Crippen LogP contribution in [0.25, 0.3) is 0 Å². The first kappa shape index (κ1) is 16.5. The highest BCUT2D eigenvalue weighted by Crippen LogP contribution is 2.36. The Labute approximate surface area is 143 Å². The Balaban J connectivity index is 2.03. The van der Waals surface area contributed by atoms with Crippen molar-refractivity contribution >= 4 is 28.7 Å². The molecule has 0 radical (unpaired) electrons. The van der Waals surface area contributed by atoms with Gasteiger partial charge in [-0.25, -0.2) is 0 Å². The van der Waals surface area contributed by atoms with Crippen LogP contribution in [0.1, 0.15) is 17.9 Å². The molecule has 6 heteroatoms. The fraction of sp³-hybridized carbons (Fsp3) is 0.222. The maximum absolute atomic E-state index is 13.0. The molecule has 0 saturated carbocycles. The van der Waals surface area contributed by atoms with Gasteiger partial charge in [0.2, 0.25) is 11.3 Å². The summed E-state index contributed by atoms with van der Waals surface area (Å²) < 4.78 is 12.9. The number of hydrogen-bond donors (Lipinski definition) is 1. The summed E-state index contributed by atoms with van der Waals surface area (Å²) in [5.41, 5.74) is 1.48. The maximum atomic E-state index is 13.0. The van der Waals surface area contributed by atoms with E-state index in [1.807, 2.05) is 48.5 Å². The molecule has 2 amide bonds. The molecular formula is C18H18N2O3S. The third kappa shape index (κ3) is 3.29. The van der Waals surface area contributed by atoms with Gasteiger partial charge >= 0.3 is 0 Å². The van der Waals surface area contributed by atoms with E-state index in [4.69, 9.17) is 0 Å². The Hall–Kier alpha value is -2.31. The van der Waals surface area contributed by atoms with Crippen molar-refractivity contribution in [3.63, 3.8) is 0 Å². The molecule has 24 heavy (non-hydrogen) atoms. The highest BCUT2D eigenvalue weighted by molar-refractivity contribution is 7.92. The lowest BCUT2D eigenvalue weighted by Crippen LogP contribution is -2.59. The molecule has 0 aliphatic carbocycles. The minimum absolute atomic E-state index is 0.112. The molecule has 5 nitrogen and oxygen atoms in total. The second-order valence-corrected chi connectivity index (χ2v) is 7.15. The number of anilines is 1. The smallest absolute Gasteiger partial charge is 0.258 e. The van der Waals surface area contributed by atoms with Crippen molar-refractivity contribution in [3.05, 3.63) is 66.2 Å². The molecule has 1 N–H and O–H groups in total. The number of benzene rings is 2. The lowest BCUT2D eigenvalue weighted by atomic mass is 10.1. The summed E-state index contributed by atoms with van der Waals surface area (Å²) in [6.07, 6.45) is 0. The summed E-state index contributed by atoms with van der Waals surface area (Å²) >= 11 is -1.34. The molecule has 1 aliphatic rings. The van der Waals surface area contributed by atoms with Crippen LogP contribution in [0, 0.1) is 0 Å². The van der Waals surface area contributed by atoms with Gasteiger partial charge in [0.1, 0.15) is 5.75 Å². The molecule has 0 aromatic heterocycles. The molecule has 124 valence electrons. The van der Waals surface area contributed by atoms with E-state index < -0.39 is 22.6 Å². The van der Waals surface area contributed by atoms with E-state index >= 15 is 0 Å². The fourth-order valence-corrected chi connectivity index (χ4v) is 4.50. The van der Waals surface area contributed by atoms with E-state index in [9.17, 15) is 14.1 Å². The lowest BCUT2D eigenvalue weighted by molar-refractivity contribution is -0.126. The predicted molar refractivity (Wildman–Crippen MR) is 93.7 cm³/mol. The van der Waals surface area contributed by atoms with Crippen molar-refractivity contribution in [2.75, 3.05) is 10.7 Å². The van der Waals surface area contributed by atoms with Crippen LogP contribution in [0.15, 0.2) is 60.7 Å². The van der Waals surface area contributed by atoms with Gasteiger partial charge in [0.25, 0.3) is 5.91 Å². The Morgan fingerprint density at radius 1 is 1.12 bits per heavy atom. The average molecular weight is 342 g/mol. The predicted octanol–water partition coefficient (Wildman–Crippen LogP) is 1.99.